The molecule has 1 N–H and O–H groups in total. The number of aliphatic hydroxyl groups is 1. The van der Waals surface area contributed by atoms with Gasteiger partial charge in [0.25, 0.3) is 5.69 Å². The summed E-state index contributed by atoms with van der Waals surface area (Å²) in [4.78, 5) is 10.1. The molecule has 20 heavy (non-hydrogen) atoms. The molecule has 106 valence electrons. The van der Waals surface area contributed by atoms with Crippen LogP contribution < -0.4 is 4.74 Å². The van der Waals surface area contributed by atoms with E-state index in [9.17, 15) is 15.2 Å². The SMILES string of the molecule is O=[N+]([O-])c1cccc(OCC(O)Cn2cc(Br)cn2)c1. The molecule has 8 heteroatoms. The topological polar surface area (TPSA) is 90.4 Å². The minimum Gasteiger partial charge on any atom is -0.491 e. The molecule has 2 rings (SSSR count). The van der Waals surface area contributed by atoms with E-state index in [2.05, 4.69) is 21.0 Å². The lowest BCUT2D eigenvalue weighted by Crippen LogP contribution is -2.23. The van der Waals surface area contributed by atoms with Crippen LogP contribution in [0.5, 0.6) is 5.75 Å². The molecule has 2 aromatic rings. The number of aromatic nitrogens is 2. The van der Waals surface area contributed by atoms with E-state index in [1.165, 1.54) is 18.2 Å². The Labute approximate surface area is 123 Å². The van der Waals surface area contributed by atoms with Gasteiger partial charge in [-0.05, 0) is 22.0 Å². The number of nitro groups is 1. The van der Waals surface area contributed by atoms with Crippen LogP contribution in [0.25, 0.3) is 0 Å². The molecule has 0 saturated heterocycles. The summed E-state index contributed by atoms with van der Waals surface area (Å²) in [5.74, 6) is 0.347. The Balaban J connectivity index is 1.88. The first kappa shape index (κ1) is 14.5. The number of aliphatic hydroxyl groups excluding tert-OH is 1. The van der Waals surface area contributed by atoms with E-state index >= 15 is 0 Å². The number of hydrogen-bond acceptors (Lipinski definition) is 5. The third kappa shape index (κ3) is 4.04. The van der Waals surface area contributed by atoms with Gasteiger partial charge in [-0.3, -0.25) is 14.8 Å². The van der Waals surface area contributed by atoms with Gasteiger partial charge in [0.15, 0.2) is 0 Å². The van der Waals surface area contributed by atoms with Crippen LogP contribution in [-0.4, -0.2) is 32.5 Å². The molecule has 0 radical (unpaired) electrons. The van der Waals surface area contributed by atoms with Crippen LogP contribution >= 0.6 is 15.9 Å². The van der Waals surface area contributed by atoms with Crippen molar-refractivity contribution < 1.29 is 14.8 Å². The van der Waals surface area contributed by atoms with Crippen molar-refractivity contribution in [2.24, 2.45) is 0 Å². The Hall–Kier alpha value is -1.93. The Morgan fingerprint density at radius 2 is 2.35 bits per heavy atom. The molecule has 1 atom stereocenters. The number of non-ortho nitro benzene ring substituents is 1. The lowest BCUT2D eigenvalue weighted by atomic mass is 10.3. The van der Waals surface area contributed by atoms with Gasteiger partial charge in [-0.2, -0.15) is 5.10 Å². The molecular weight excluding hydrogens is 330 g/mol. The average molecular weight is 342 g/mol. The van der Waals surface area contributed by atoms with E-state index < -0.39 is 11.0 Å². The minimum atomic E-state index is -0.763. The molecule has 1 heterocycles. The molecule has 0 fully saturated rings. The lowest BCUT2D eigenvalue weighted by molar-refractivity contribution is -0.384. The zero-order valence-electron chi connectivity index (χ0n) is 10.3. The number of nitrogens with zero attached hydrogens (tertiary/aromatic N) is 3. The van der Waals surface area contributed by atoms with Crippen molar-refractivity contribution in [3.63, 3.8) is 0 Å². The summed E-state index contributed by atoms with van der Waals surface area (Å²) in [6.07, 6.45) is 2.59. The number of rotatable bonds is 6. The van der Waals surface area contributed by atoms with Crippen molar-refractivity contribution in [2.75, 3.05) is 6.61 Å². The smallest absolute Gasteiger partial charge is 0.273 e. The molecule has 0 aliphatic heterocycles. The summed E-state index contributed by atoms with van der Waals surface area (Å²) in [5, 5.41) is 24.4. The van der Waals surface area contributed by atoms with Gasteiger partial charge >= 0.3 is 0 Å². The van der Waals surface area contributed by atoms with E-state index in [4.69, 9.17) is 4.74 Å². The van der Waals surface area contributed by atoms with Gasteiger partial charge in [0.1, 0.15) is 18.5 Å². The van der Waals surface area contributed by atoms with Crippen molar-refractivity contribution in [3.8, 4) is 5.75 Å². The van der Waals surface area contributed by atoms with Crippen molar-refractivity contribution >= 4 is 21.6 Å². The maximum atomic E-state index is 10.6. The van der Waals surface area contributed by atoms with Gasteiger partial charge in [0.05, 0.1) is 28.2 Å². The highest BCUT2D eigenvalue weighted by Gasteiger charge is 2.10. The van der Waals surface area contributed by atoms with Crippen molar-refractivity contribution in [1.82, 2.24) is 9.78 Å². The fourth-order valence-corrected chi connectivity index (χ4v) is 1.91. The van der Waals surface area contributed by atoms with E-state index in [1.54, 1.807) is 23.1 Å². The van der Waals surface area contributed by atoms with Crippen LogP contribution in [0.3, 0.4) is 0 Å². The number of halogens is 1. The maximum Gasteiger partial charge on any atom is 0.273 e. The van der Waals surface area contributed by atoms with Crippen LogP contribution in [0.15, 0.2) is 41.1 Å². The van der Waals surface area contributed by atoms with E-state index in [-0.39, 0.29) is 18.8 Å². The third-order valence-corrected chi connectivity index (χ3v) is 2.88. The second-order valence-corrected chi connectivity index (χ2v) is 5.02. The second kappa shape index (κ2) is 6.49. The highest BCUT2D eigenvalue weighted by molar-refractivity contribution is 9.10. The maximum absolute atomic E-state index is 10.6. The fourth-order valence-electron chi connectivity index (χ4n) is 1.59. The Kier molecular flexibility index (Phi) is 4.70. The standard InChI is InChI=1S/C12H12BrN3O4/c13-9-5-14-15(6-9)7-11(17)8-20-12-3-1-2-10(4-12)16(18)19/h1-6,11,17H,7-8H2. The number of nitro benzene ring substituents is 1. The summed E-state index contributed by atoms with van der Waals surface area (Å²) < 4.78 is 7.73. The number of hydrogen-bond donors (Lipinski definition) is 1. The van der Waals surface area contributed by atoms with Gasteiger partial charge in [-0.25, -0.2) is 0 Å². The lowest BCUT2D eigenvalue weighted by Gasteiger charge is -2.12. The van der Waals surface area contributed by atoms with Crippen LogP contribution in [0, 0.1) is 10.1 Å². The number of ether oxygens (including phenoxy) is 1. The van der Waals surface area contributed by atoms with E-state index in [0.717, 1.165) is 4.47 Å². The predicted molar refractivity (Wildman–Crippen MR) is 74.5 cm³/mol. The molecular formula is C12H12BrN3O4. The summed E-state index contributed by atoms with van der Waals surface area (Å²) in [6.45, 7) is 0.305. The quantitative estimate of drug-likeness (QED) is 0.640. The molecule has 0 aliphatic rings. The highest BCUT2D eigenvalue weighted by Crippen LogP contribution is 2.19. The Morgan fingerprint density at radius 1 is 1.55 bits per heavy atom. The predicted octanol–water partition coefficient (Wildman–Crippen LogP) is 1.99. The van der Waals surface area contributed by atoms with Crippen molar-refractivity contribution in [1.29, 1.82) is 0 Å². The normalized spacial score (nSPS) is 12.1. The van der Waals surface area contributed by atoms with Crippen LogP contribution in [0.1, 0.15) is 0 Å². The molecule has 7 nitrogen and oxygen atoms in total. The van der Waals surface area contributed by atoms with Gasteiger partial charge in [0.2, 0.25) is 0 Å². The Bertz CT molecular complexity index is 602. The molecule has 1 aromatic heterocycles. The molecule has 1 aromatic carbocycles. The first-order chi connectivity index (χ1) is 9.54. The average Bonchev–Trinajstić information content (AvgIpc) is 2.82. The van der Waals surface area contributed by atoms with Gasteiger partial charge in [0, 0.05) is 12.3 Å². The number of benzene rings is 1. The van der Waals surface area contributed by atoms with Crippen LogP contribution in [0.2, 0.25) is 0 Å². The second-order valence-electron chi connectivity index (χ2n) is 4.10. The molecule has 0 bridgehead atoms. The molecule has 0 aliphatic carbocycles. The summed E-state index contributed by atoms with van der Waals surface area (Å²) in [7, 11) is 0. The zero-order chi connectivity index (χ0) is 14.5. The van der Waals surface area contributed by atoms with E-state index in [0.29, 0.717) is 5.75 Å². The van der Waals surface area contributed by atoms with Gasteiger partial charge in [-0.1, -0.05) is 6.07 Å². The third-order valence-electron chi connectivity index (χ3n) is 2.47. The monoisotopic (exact) mass is 341 g/mol. The van der Waals surface area contributed by atoms with Crippen LogP contribution in [0.4, 0.5) is 5.69 Å². The summed E-state index contributed by atoms with van der Waals surface area (Å²) in [5.41, 5.74) is -0.0482. The largest absolute Gasteiger partial charge is 0.491 e. The molecule has 0 spiro atoms. The molecule has 0 amide bonds. The first-order valence-electron chi connectivity index (χ1n) is 5.78. The summed E-state index contributed by atoms with van der Waals surface area (Å²) >= 11 is 3.26. The zero-order valence-corrected chi connectivity index (χ0v) is 11.9. The van der Waals surface area contributed by atoms with Gasteiger partial charge in [-0.15, -0.1) is 0 Å². The van der Waals surface area contributed by atoms with Crippen LogP contribution in [-0.2, 0) is 6.54 Å². The first-order valence-corrected chi connectivity index (χ1v) is 6.57. The molecule has 1 unspecified atom stereocenters. The fraction of sp³-hybridized carbons (Fsp3) is 0.250. The van der Waals surface area contributed by atoms with Crippen molar-refractivity contribution in [2.45, 2.75) is 12.6 Å². The summed E-state index contributed by atoms with van der Waals surface area (Å²) in [6, 6.07) is 5.83. The minimum absolute atomic E-state index is 0.0264. The molecule has 0 saturated carbocycles. The van der Waals surface area contributed by atoms with E-state index in [1.807, 2.05) is 0 Å². The Morgan fingerprint density at radius 3 is 3.00 bits per heavy atom. The highest BCUT2D eigenvalue weighted by atomic mass is 79.9. The van der Waals surface area contributed by atoms with Crippen molar-refractivity contribution in [3.05, 3.63) is 51.2 Å². The van der Waals surface area contributed by atoms with Gasteiger partial charge < -0.3 is 9.84 Å².